The molecule has 1 N–H and O–H groups in total. The molecule has 0 amide bonds. The van der Waals surface area contributed by atoms with Crippen molar-refractivity contribution in [1.29, 1.82) is 0 Å². The zero-order valence-corrected chi connectivity index (χ0v) is 12.8. The highest BCUT2D eigenvalue weighted by atomic mass is 16.6. The molecule has 0 aliphatic heterocycles. The monoisotopic (exact) mass is 292 g/mol. The van der Waals surface area contributed by atoms with Gasteiger partial charge in [0.1, 0.15) is 0 Å². The second-order valence-electron chi connectivity index (χ2n) is 5.83. The molecule has 21 heavy (non-hydrogen) atoms. The maximum Gasteiger partial charge on any atom is 0.311 e. The summed E-state index contributed by atoms with van der Waals surface area (Å²) in [5, 5.41) is 14.5. The number of hydrogen-bond acceptors (Lipinski definition) is 4. The standard InChI is InChI=1S/C16H24N2O3/c1-12(14-6-4-3-5-7-14)17-11-13-8-9-16(21-2)15(10-13)18(19)20/h8-10,12,14,17H,3-7,11H2,1-2H3/t12-/m0/s1. The zero-order valence-electron chi connectivity index (χ0n) is 12.8. The van der Waals surface area contributed by atoms with Crippen molar-refractivity contribution in [3.63, 3.8) is 0 Å². The third-order valence-electron chi connectivity index (χ3n) is 4.43. The Morgan fingerprint density at radius 2 is 2.10 bits per heavy atom. The smallest absolute Gasteiger partial charge is 0.311 e. The van der Waals surface area contributed by atoms with Gasteiger partial charge in [-0.2, -0.15) is 0 Å². The number of benzene rings is 1. The second kappa shape index (κ2) is 7.41. The van der Waals surface area contributed by atoms with Crippen LogP contribution in [0.1, 0.15) is 44.6 Å². The Bertz CT molecular complexity index is 484. The molecule has 116 valence electrons. The Morgan fingerprint density at radius 3 is 2.71 bits per heavy atom. The zero-order chi connectivity index (χ0) is 15.2. The Balaban J connectivity index is 1.96. The van der Waals surface area contributed by atoms with Crippen LogP contribution in [0.4, 0.5) is 5.69 Å². The summed E-state index contributed by atoms with van der Waals surface area (Å²) >= 11 is 0. The van der Waals surface area contributed by atoms with Gasteiger partial charge in [-0.1, -0.05) is 25.3 Å². The van der Waals surface area contributed by atoms with Gasteiger partial charge in [0.2, 0.25) is 0 Å². The minimum atomic E-state index is -0.396. The van der Waals surface area contributed by atoms with Gasteiger partial charge in [-0.15, -0.1) is 0 Å². The highest BCUT2D eigenvalue weighted by molar-refractivity contribution is 5.48. The van der Waals surface area contributed by atoms with Crippen LogP contribution in [0, 0.1) is 16.0 Å². The molecule has 1 aromatic rings. The molecule has 0 unspecified atom stereocenters. The van der Waals surface area contributed by atoms with Crippen molar-refractivity contribution in [2.75, 3.05) is 7.11 Å². The number of nitro benzene ring substituents is 1. The lowest BCUT2D eigenvalue weighted by Gasteiger charge is -2.28. The van der Waals surface area contributed by atoms with Gasteiger partial charge in [0, 0.05) is 18.7 Å². The van der Waals surface area contributed by atoms with Crippen LogP contribution in [0.25, 0.3) is 0 Å². The van der Waals surface area contributed by atoms with Crippen LogP contribution in [0.5, 0.6) is 5.75 Å². The number of nitrogens with one attached hydrogen (secondary N) is 1. The molecule has 0 bridgehead atoms. The molecule has 0 aromatic heterocycles. The lowest BCUT2D eigenvalue weighted by molar-refractivity contribution is -0.385. The van der Waals surface area contributed by atoms with Gasteiger partial charge in [0.25, 0.3) is 0 Å². The molecule has 5 nitrogen and oxygen atoms in total. The molecule has 5 heteroatoms. The Hall–Kier alpha value is -1.62. The number of hydrogen-bond donors (Lipinski definition) is 1. The van der Waals surface area contributed by atoms with E-state index in [1.807, 2.05) is 6.07 Å². The topological polar surface area (TPSA) is 64.4 Å². The fourth-order valence-electron chi connectivity index (χ4n) is 3.07. The molecule has 0 radical (unpaired) electrons. The number of ether oxygens (including phenoxy) is 1. The van der Waals surface area contributed by atoms with E-state index in [2.05, 4.69) is 12.2 Å². The lowest BCUT2D eigenvalue weighted by atomic mass is 9.84. The molecule has 1 fully saturated rings. The molecule has 1 aliphatic carbocycles. The quantitative estimate of drug-likeness (QED) is 0.642. The summed E-state index contributed by atoms with van der Waals surface area (Å²) in [6, 6.07) is 5.60. The van der Waals surface area contributed by atoms with Gasteiger partial charge < -0.3 is 10.1 Å². The van der Waals surface area contributed by atoms with Crippen molar-refractivity contribution in [2.24, 2.45) is 5.92 Å². The highest BCUT2D eigenvalue weighted by Crippen LogP contribution is 2.28. The van der Waals surface area contributed by atoms with Crippen LogP contribution in [0.3, 0.4) is 0 Å². The molecular formula is C16H24N2O3. The van der Waals surface area contributed by atoms with Crippen molar-refractivity contribution in [2.45, 2.75) is 51.6 Å². The predicted molar refractivity (Wildman–Crippen MR) is 82.5 cm³/mol. The second-order valence-corrected chi connectivity index (χ2v) is 5.83. The first-order valence-corrected chi connectivity index (χ1v) is 7.66. The van der Waals surface area contributed by atoms with E-state index in [-0.39, 0.29) is 5.69 Å². The molecule has 1 aliphatic rings. The van der Waals surface area contributed by atoms with Gasteiger partial charge in [0.15, 0.2) is 5.75 Å². The molecule has 1 aromatic carbocycles. The summed E-state index contributed by atoms with van der Waals surface area (Å²) in [6.45, 7) is 2.87. The molecule has 0 heterocycles. The third-order valence-corrected chi connectivity index (χ3v) is 4.43. The normalized spacial score (nSPS) is 17.4. The summed E-state index contributed by atoms with van der Waals surface area (Å²) in [4.78, 5) is 10.6. The number of nitrogens with zero attached hydrogens (tertiary/aromatic N) is 1. The molecule has 2 rings (SSSR count). The Kier molecular flexibility index (Phi) is 5.56. The van der Waals surface area contributed by atoms with Crippen molar-refractivity contribution in [1.82, 2.24) is 5.32 Å². The van der Waals surface area contributed by atoms with E-state index >= 15 is 0 Å². The average molecular weight is 292 g/mol. The van der Waals surface area contributed by atoms with Crippen LogP contribution in [0.2, 0.25) is 0 Å². The van der Waals surface area contributed by atoms with Crippen molar-refractivity contribution < 1.29 is 9.66 Å². The molecule has 0 spiro atoms. The van der Waals surface area contributed by atoms with Crippen LogP contribution < -0.4 is 10.1 Å². The highest BCUT2D eigenvalue weighted by Gasteiger charge is 2.20. The third kappa shape index (κ3) is 4.17. The van der Waals surface area contributed by atoms with E-state index in [9.17, 15) is 10.1 Å². The van der Waals surface area contributed by atoms with Gasteiger partial charge in [-0.05, 0) is 37.3 Å². The van der Waals surface area contributed by atoms with Crippen LogP contribution in [-0.4, -0.2) is 18.1 Å². The molecule has 1 saturated carbocycles. The fourth-order valence-corrected chi connectivity index (χ4v) is 3.07. The molecule has 1 atom stereocenters. The summed E-state index contributed by atoms with van der Waals surface area (Å²) in [7, 11) is 1.45. The maximum atomic E-state index is 11.0. The number of methoxy groups -OCH3 is 1. The lowest BCUT2D eigenvalue weighted by Crippen LogP contribution is -2.34. The van der Waals surface area contributed by atoms with Gasteiger partial charge in [-0.3, -0.25) is 10.1 Å². The molecule has 0 saturated heterocycles. The Morgan fingerprint density at radius 1 is 1.38 bits per heavy atom. The summed E-state index contributed by atoms with van der Waals surface area (Å²) in [5.41, 5.74) is 0.951. The van der Waals surface area contributed by atoms with Crippen molar-refractivity contribution in [3.05, 3.63) is 33.9 Å². The van der Waals surface area contributed by atoms with E-state index in [4.69, 9.17) is 4.74 Å². The summed E-state index contributed by atoms with van der Waals surface area (Å²) in [6.07, 6.45) is 6.58. The van der Waals surface area contributed by atoms with Crippen LogP contribution in [-0.2, 0) is 6.54 Å². The summed E-state index contributed by atoms with van der Waals surface area (Å²) in [5.74, 6) is 1.04. The van der Waals surface area contributed by atoms with E-state index < -0.39 is 4.92 Å². The van der Waals surface area contributed by atoms with Crippen LogP contribution >= 0.6 is 0 Å². The van der Waals surface area contributed by atoms with E-state index in [1.54, 1.807) is 12.1 Å². The van der Waals surface area contributed by atoms with E-state index in [0.717, 1.165) is 11.5 Å². The maximum absolute atomic E-state index is 11.0. The first kappa shape index (κ1) is 15.8. The molecular weight excluding hydrogens is 268 g/mol. The summed E-state index contributed by atoms with van der Waals surface area (Å²) < 4.78 is 5.02. The minimum Gasteiger partial charge on any atom is -0.490 e. The van der Waals surface area contributed by atoms with Crippen LogP contribution in [0.15, 0.2) is 18.2 Å². The average Bonchev–Trinajstić information content (AvgIpc) is 2.53. The van der Waals surface area contributed by atoms with E-state index in [1.165, 1.54) is 39.2 Å². The Labute approximate surface area is 125 Å². The number of rotatable bonds is 6. The van der Waals surface area contributed by atoms with Gasteiger partial charge >= 0.3 is 5.69 Å². The SMILES string of the molecule is COc1ccc(CN[C@@H](C)C2CCCCC2)cc1[N+](=O)[O-]. The van der Waals surface area contributed by atoms with Crippen molar-refractivity contribution in [3.8, 4) is 5.75 Å². The largest absolute Gasteiger partial charge is 0.490 e. The number of nitro groups is 1. The van der Waals surface area contributed by atoms with Crippen molar-refractivity contribution >= 4 is 5.69 Å². The van der Waals surface area contributed by atoms with E-state index in [0.29, 0.717) is 18.3 Å². The first-order valence-electron chi connectivity index (χ1n) is 7.66. The van der Waals surface area contributed by atoms with Gasteiger partial charge in [-0.25, -0.2) is 0 Å². The fraction of sp³-hybridized carbons (Fsp3) is 0.625. The minimum absolute atomic E-state index is 0.0297. The predicted octanol–water partition coefficient (Wildman–Crippen LogP) is 3.66. The first-order chi connectivity index (χ1) is 10.1. The van der Waals surface area contributed by atoms with Gasteiger partial charge in [0.05, 0.1) is 12.0 Å².